The predicted molar refractivity (Wildman–Crippen MR) is 129 cm³/mol. The van der Waals surface area contributed by atoms with Crippen molar-refractivity contribution < 1.29 is 19.4 Å². The van der Waals surface area contributed by atoms with E-state index in [1.54, 1.807) is 24.3 Å². The molecule has 1 N–H and O–H groups in total. The second-order valence-electron chi connectivity index (χ2n) is 8.22. The van der Waals surface area contributed by atoms with Crippen LogP contribution in [0.2, 0.25) is 0 Å². The van der Waals surface area contributed by atoms with Gasteiger partial charge in [-0.3, -0.25) is 14.5 Å². The van der Waals surface area contributed by atoms with Crippen LogP contribution in [0, 0.1) is 13.8 Å². The third-order valence-electron chi connectivity index (χ3n) is 5.93. The lowest BCUT2D eigenvalue weighted by Gasteiger charge is -2.26. The van der Waals surface area contributed by atoms with Gasteiger partial charge in [0.15, 0.2) is 0 Å². The van der Waals surface area contributed by atoms with E-state index in [-0.39, 0.29) is 11.3 Å². The maximum absolute atomic E-state index is 13.2. The minimum Gasteiger partial charge on any atom is -0.507 e. The van der Waals surface area contributed by atoms with Crippen LogP contribution in [-0.2, 0) is 9.59 Å². The summed E-state index contributed by atoms with van der Waals surface area (Å²) in [5.41, 5.74) is 4.01. The summed E-state index contributed by atoms with van der Waals surface area (Å²) in [5, 5.41) is 11.2. The van der Waals surface area contributed by atoms with Gasteiger partial charge >= 0.3 is 0 Å². The lowest BCUT2D eigenvalue weighted by Crippen LogP contribution is -2.29. The van der Waals surface area contributed by atoms with Crippen molar-refractivity contribution in [2.75, 3.05) is 11.5 Å². The second-order valence-corrected chi connectivity index (χ2v) is 8.22. The molecule has 0 aliphatic carbocycles. The molecule has 1 aliphatic heterocycles. The van der Waals surface area contributed by atoms with Crippen molar-refractivity contribution in [3.05, 3.63) is 101 Å². The lowest BCUT2D eigenvalue weighted by molar-refractivity contribution is -0.132. The van der Waals surface area contributed by atoms with Gasteiger partial charge < -0.3 is 9.84 Å². The number of ketones is 1. The van der Waals surface area contributed by atoms with Crippen LogP contribution in [0.15, 0.2) is 78.4 Å². The molecule has 0 bridgehead atoms. The number of hydrogen-bond donors (Lipinski definition) is 1. The van der Waals surface area contributed by atoms with Crippen LogP contribution >= 0.6 is 0 Å². The molecule has 1 saturated heterocycles. The molecule has 3 aromatic carbocycles. The largest absolute Gasteiger partial charge is 0.507 e. The average Bonchev–Trinajstić information content (AvgIpc) is 3.10. The summed E-state index contributed by atoms with van der Waals surface area (Å²) < 4.78 is 5.61. The number of ether oxygens (including phenoxy) is 1. The Labute approximate surface area is 193 Å². The Hall–Kier alpha value is -3.86. The average molecular weight is 442 g/mol. The Bertz CT molecular complexity index is 1210. The Morgan fingerprint density at radius 3 is 2.27 bits per heavy atom. The quantitative estimate of drug-likeness (QED) is 0.302. The number of amides is 1. The van der Waals surface area contributed by atoms with Crippen LogP contribution in [-0.4, -0.2) is 23.4 Å². The number of benzene rings is 3. The number of carbonyl (C=O) groups is 2. The Balaban J connectivity index is 1.84. The van der Waals surface area contributed by atoms with Gasteiger partial charge in [-0.25, -0.2) is 0 Å². The number of rotatable bonds is 6. The normalized spacial score (nSPS) is 17.4. The first-order chi connectivity index (χ1) is 15.9. The molecule has 1 atom stereocenters. The first-order valence-electron chi connectivity index (χ1n) is 11.1. The summed E-state index contributed by atoms with van der Waals surface area (Å²) in [5.74, 6) is -0.874. The summed E-state index contributed by atoms with van der Waals surface area (Å²) in [6.07, 6.45) is 0.890. The Morgan fingerprint density at radius 2 is 1.64 bits per heavy atom. The fourth-order valence-corrected chi connectivity index (χ4v) is 4.01. The van der Waals surface area contributed by atoms with E-state index >= 15 is 0 Å². The maximum atomic E-state index is 13.2. The number of nitrogens with zero attached hydrogens (tertiary/aromatic N) is 1. The topological polar surface area (TPSA) is 66.8 Å². The number of aryl methyl sites for hydroxylation is 2. The summed E-state index contributed by atoms with van der Waals surface area (Å²) in [6.45, 7) is 6.59. The van der Waals surface area contributed by atoms with E-state index < -0.39 is 17.7 Å². The first kappa shape index (κ1) is 22.3. The van der Waals surface area contributed by atoms with Crippen molar-refractivity contribution in [3.63, 3.8) is 0 Å². The minimum absolute atomic E-state index is 0.0756. The summed E-state index contributed by atoms with van der Waals surface area (Å²) in [6, 6.07) is 21.1. The summed E-state index contributed by atoms with van der Waals surface area (Å²) in [4.78, 5) is 27.9. The fourth-order valence-electron chi connectivity index (χ4n) is 4.01. The highest BCUT2D eigenvalue weighted by Gasteiger charge is 2.46. The van der Waals surface area contributed by atoms with Crippen LogP contribution in [0.3, 0.4) is 0 Å². The molecule has 1 amide bonds. The van der Waals surface area contributed by atoms with Crippen LogP contribution in [0.4, 0.5) is 5.69 Å². The number of Topliss-reactive ketones (excluding diaryl/α,β-unsaturated/α-hetero) is 1. The molecule has 5 nitrogen and oxygen atoms in total. The second kappa shape index (κ2) is 9.33. The standard InChI is InChI=1S/C28H27NO4/c1-4-16-33-23-14-11-21(12-15-23)26(30)24-25(20-8-6-5-7-9-20)29(28(32)27(24)31)22-13-10-18(2)19(3)17-22/h5-15,17,25,30H,4,16H2,1-3H3/b26-24+. The molecule has 168 valence electrons. The Morgan fingerprint density at radius 1 is 0.939 bits per heavy atom. The van der Waals surface area contributed by atoms with Gasteiger partial charge in [-0.2, -0.15) is 0 Å². The van der Waals surface area contributed by atoms with Crippen molar-refractivity contribution in [2.24, 2.45) is 0 Å². The maximum Gasteiger partial charge on any atom is 0.300 e. The van der Waals surface area contributed by atoms with Gasteiger partial charge in [-0.1, -0.05) is 43.3 Å². The molecule has 33 heavy (non-hydrogen) atoms. The molecule has 0 aromatic heterocycles. The van der Waals surface area contributed by atoms with E-state index in [1.165, 1.54) is 4.90 Å². The number of anilines is 1. The van der Waals surface area contributed by atoms with E-state index in [0.717, 1.165) is 23.1 Å². The van der Waals surface area contributed by atoms with Gasteiger partial charge in [0.05, 0.1) is 18.2 Å². The monoisotopic (exact) mass is 441 g/mol. The molecule has 0 saturated carbocycles. The molecule has 1 aliphatic rings. The van der Waals surface area contributed by atoms with Crippen molar-refractivity contribution in [1.29, 1.82) is 0 Å². The molecule has 4 rings (SSSR count). The highest BCUT2D eigenvalue weighted by molar-refractivity contribution is 6.51. The number of aliphatic hydroxyl groups excluding tert-OH is 1. The van der Waals surface area contributed by atoms with Crippen LogP contribution in [0.5, 0.6) is 5.75 Å². The van der Waals surface area contributed by atoms with Gasteiger partial charge in [0.1, 0.15) is 11.5 Å². The zero-order valence-electron chi connectivity index (χ0n) is 19.0. The molecule has 1 heterocycles. The smallest absolute Gasteiger partial charge is 0.300 e. The van der Waals surface area contributed by atoms with E-state index in [2.05, 4.69) is 0 Å². The molecule has 1 fully saturated rings. The van der Waals surface area contributed by atoms with Crippen molar-refractivity contribution >= 4 is 23.1 Å². The van der Waals surface area contributed by atoms with Gasteiger partial charge in [0, 0.05) is 11.3 Å². The SMILES string of the molecule is CCCOc1ccc(/C(O)=C2\C(=O)C(=O)N(c3ccc(C)c(C)c3)C2c2ccccc2)cc1. The van der Waals surface area contributed by atoms with Crippen molar-refractivity contribution in [2.45, 2.75) is 33.2 Å². The van der Waals surface area contributed by atoms with Crippen LogP contribution in [0.25, 0.3) is 5.76 Å². The zero-order chi connectivity index (χ0) is 23.5. The van der Waals surface area contributed by atoms with E-state index in [1.807, 2.05) is 69.3 Å². The Kier molecular flexibility index (Phi) is 6.31. The van der Waals surface area contributed by atoms with Gasteiger partial charge in [-0.15, -0.1) is 0 Å². The molecule has 0 radical (unpaired) electrons. The van der Waals surface area contributed by atoms with Crippen LogP contribution in [0.1, 0.15) is 41.6 Å². The van der Waals surface area contributed by atoms with Crippen molar-refractivity contribution in [1.82, 2.24) is 0 Å². The highest BCUT2D eigenvalue weighted by atomic mass is 16.5. The molecular formula is C28H27NO4. The van der Waals surface area contributed by atoms with E-state index in [0.29, 0.717) is 23.6 Å². The molecular weight excluding hydrogens is 414 g/mol. The molecule has 1 unspecified atom stereocenters. The predicted octanol–water partition coefficient (Wildman–Crippen LogP) is 5.72. The highest BCUT2D eigenvalue weighted by Crippen LogP contribution is 2.42. The van der Waals surface area contributed by atoms with E-state index in [4.69, 9.17) is 4.74 Å². The number of hydrogen-bond acceptors (Lipinski definition) is 4. The van der Waals surface area contributed by atoms with Gasteiger partial charge in [0.25, 0.3) is 11.7 Å². The minimum atomic E-state index is -0.732. The van der Waals surface area contributed by atoms with Crippen molar-refractivity contribution in [3.8, 4) is 5.75 Å². The molecule has 5 heteroatoms. The van der Waals surface area contributed by atoms with E-state index in [9.17, 15) is 14.7 Å². The zero-order valence-corrected chi connectivity index (χ0v) is 19.0. The summed E-state index contributed by atoms with van der Waals surface area (Å²) >= 11 is 0. The lowest BCUT2D eigenvalue weighted by atomic mass is 9.95. The number of aliphatic hydroxyl groups is 1. The first-order valence-corrected chi connectivity index (χ1v) is 11.1. The van der Waals surface area contributed by atoms with Gasteiger partial charge in [0.2, 0.25) is 0 Å². The molecule has 0 spiro atoms. The number of carbonyl (C=O) groups excluding carboxylic acids is 2. The molecule has 3 aromatic rings. The van der Waals surface area contributed by atoms with Gasteiger partial charge in [-0.05, 0) is 73.4 Å². The third-order valence-corrected chi connectivity index (χ3v) is 5.93. The third kappa shape index (κ3) is 4.27. The van der Waals surface area contributed by atoms with Crippen LogP contribution < -0.4 is 9.64 Å². The fraction of sp³-hybridized carbons (Fsp3) is 0.214. The summed E-state index contributed by atoms with van der Waals surface area (Å²) in [7, 11) is 0.